The number of hydrazine groups is 1. The van der Waals surface area contributed by atoms with Crippen LogP contribution >= 0.6 is 15.9 Å². The fraction of sp³-hybridized carbons (Fsp3) is 0.500. The smallest absolute Gasteiger partial charge is 0.0733 e. The fourth-order valence-corrected chi connectivity index (χ4v) is 1.83. The second-order valence-corrected chi connectivity index (χ2v) is 5.19. The van der Waals surface area contributed by atoms with Gasteiger partial charge in [-0.2, -0.15) is 0 Å². The standard InChI is InChI=1S/C10H16BrN3/c1-10(2,3)9(14-12)8-7(11)5-4-6-13-8/h4-6,9,14H,12H2,1-3H3. The van der Waals surface area contributed by atoms with Crippen LogP contribution in [0.1, 0.15) is 32.5 Å². The largest absolute Gasteiger partial charge is 0.271 e. The van der Waals surface area contributed by atoms with Crippen molar-refractivity contribution in [1.82, 2.24) is 10.4 Å². The Labute approximate surface area is 93.2 Å². The van der Waals surface area contributed by atoms with E-state index < -0.39 is 0 Å². The number of nitrogens with two attached hydrogens (primary N) is 1. The maximum atomic E-state index is 5.55. The third-order valence-corrected chi connectivity index (χ3v) is 2.76. The van der Waals surface area contributed by atoms with Crippen molar-refractivity contribution >= 4 is 15.9 Å². The van der Waals surface area contributed by atoms with Gasteiger partial charge in [0, 0.05) is 10.7 Å². The number of nitrogens with zero attached hydrogens (tertiary/aromatic N) is 1. The van der Waals surface area contributed by atoms with Gasteiger partial charge in [-0.15, -0.1) is 0 Å². The SMILES string of the molecule is CC(C)(C)C(NN)c1ncccc1Br. The first-order valence-corrected chi connectivity index (χ1v) is 5.32. The highest BCUT2D eigenvalue weighted by Crippen LogP contribution is 2.34. The zero-order valence-corrected chi connectivity index (χ0v) is 10.3. The average molecular weight is 258 g/mol. The molecule has 0 bridgehead atoms. The van der Waals surface area contributed by atoms with E-state index in [1.54, 1.807) is 6.20 Å². The van der Waals surface area contributed by atoms with E-state index >= 15 is 0 Å². The second kappa shape index (κ2) is 4.38. The van der Waals surface area contributed by atoms with Gasteiger partial charge in [0.2, 0.25) is 0 Å². The van der Waals surface area contributed by atoms with E-state index in [1.807, 2.05) is 12.1 Å². The fourth-order valence-electron chi connectivity index (χ4n) is 1.35. The van der Waals surface area contributed by atoms with Crippen molar-refractivity contribution in [2.45, 2.75) is 26.8 Å². The molecule has 0 spiro atoms. The van der Waals surface area contributed by atoms with Gasteiger partial charge in [0.1, 0.15) is 0 Å². The van der Waals surface area contributed by atoms with Crippen LogP contribution in [0.3, 0.4) is 0 Å². The topological polar surface area (TPSA) is 50.9 Å². The highest BCUT2D eigenvalue weighted by Gasteiger charge is 2.27. The minimum Gasteiger partial charge on any atom is -0.271 e. The number of hydrogen-bond donors (Lipinski definition) is 2. The summed E-state index contributed by atoms with van der Waals surface area (Å²) in [5.74, 6) is 5.55. The van der Waals surface area contributed by atoms with E-state index in [0.717, 1.165) is 10.2 Å². The predicted molar refractivity (Wildman–Crippen MR) is 61.5 cm³/mol. The molecule has 0 fully saturated rings. The maximum Gasteiger partial charge on any atom is 0.0733 e. The summed E-state index contributed by atoms with van der Waals surface area (Å²) in [6.07, 6.45) is 1.77. The molecule has 0 radical (unpaired) electrons. The first-order valence-electron chi connectivity index (χ1n) is 4.53. The molecule has 1 atom stereocenters. The monoisotopic (exact) mass is 257 g/mol. The molecular formula is C10H16BrN3. The Hall–Kier alpha value is -0.450. The van der Waals surface area contributed by atoms with Crippen molar-refractivity contribution in [2.24, 2.45) is 11.3 Å². The van der Waals surface area contributed by atoms with E-state index in [4.69, 9.17) is 5.84 Å². The minimum atomic E-state index is 0.0334. The van der Waals surface area contributed by atoms with E-state index in [1.165, 1.54) is 0 Å². The first-order chi connectivity index (χ1) is 6.46. The van der Waals surface area contributed by atoms with Gasteiger partial charge >= 0.3 is 0 Å². The molecule has 3 N–H and O–H groups in total. The highest BCUT2D eigenvalue weighted by molar-refractivity contribution is 9.10. The minimum absolute atomic E-state index is 0.0334. The van der Waals surface area contributed by atoms with Crippen molar-refractivity contribution < 1.29 is 0 Å². The molecule has 1 unspecified atom stereocenters. The maximum absolute atomic E-state index is 5.55. The van der Waals surface area contributed by atoms with Gasteiger partial charge in [-0.1, -0.05) is 20.8 Å². The lowest BCUT2D eigenvalue weighted by molar-refractivity contribution is 0.269. The van der Waals surface area contributed by atoms with Gasteiger partial charge < -0.3 is 0 Å². The van der Waals surface area contributed by atoms with Gasteiger partial charge in [0.25, 0.3) is 0 Å². The molecule has 78 valence electrons. The van der Waals surface area contributed by atoms with Crippen LogP contribution in [0.5, 0.6) is 0 Å². The van der Waals surface area contributed by atoms with Gasteiger partial charge in [-0.3, -0.25) is 16.3 Å². The van der Waals surface area contributed by atoms with E-state index in [0.29, 0.717) is 0 Å². The summed E-state index contributed by atoms with van der Waals surface area (Å²) in [6.45, 7) is 6.37. The Morgan fingerprint density at radius 1 is 1.50 bits per heavy atom. The normalized spacial score (nSPS) is 14.1. The molecule has 1 aromatic rings. The third kappa shape index (κ3) is 2.53. The molecule has 0 aliphatic rings. The summed E-state index contributed by atoms with van der Waals surface area (Å²) in [4.78, 5) is 4.33. The summed E-state index contributed by atoms with van der Waals surface area (Å²) in [5.41, 5.74) is 3.79. The molecule has 3 nitrogen and oxygen atoms in total. The quantitative estimate of drug-likeness (QED) is 0.632. The van der Waals surface area contributed by atoms with E-state index in [2.05, 4.69) is 47.1 Å². The Morgan fingerprint density at radius 3 is 2.57 bits per heavy atom. The molecule has 0 saturated heterocycles. The van der Waals surface area contributed by atoms with Crippen molar-refractivity contribution in [3.8, 4) is 0 Å². The molecule has 4 heteroatoms. The summed E-state index contributed by atoms with van der Waals surface area (Å²) in [7, 11) is 0. The highest BCUT2D eigenvalue weighted by atomic mass is 79.9. The Bertz CT molecular complexity index is 306. The van der Waals surface area contributed by atoms with Gasteiger partial charge in [0.15, 0.2) is 0 Å². The lowest BCUT2D eigenvalue weighted by Gasteiger charge is -2.30. The van der Waals surface area contributed by atoms with Crippen LogP contribution in [0.4, 0.5) is 0 Å². The van der Waals surface area contributed by atoms with Gasteiger partial charge in [-0.25, -0.2) is 0 Å². The second-order valence-electron chi connectivity index (χ2n) is 4.34. The summed E-state index contributed by atoms with van der Waals surface area (Å²) >= 11 is 3.47. The molecule has 0 aromatic carbocycles. The molecule has 1 aromatic heterocycles. The molecule has 1 rings (SSSR count). The van der Waals surface area contributed by atoms with Crippen molar-refractivity contribution in [2.75, 3.05) is 0 Å². The molecule has 0 aliphatic carbocycles. The van der Waals surface area contributed by atoms with Crippen molar-refractivity contribution in [1.29, 1.82) is 0 Å². The predicted octanol–water partition coefficient (Wildman–Crippen LogP) is 2.39. The molecule has 0 saturated carbocycles. The van der Waals surface area contributed by atoms with Crippen molar-refractivity contribution in [3.05, 3.63) is 28.5 Å². The van der Waals surface area contributed by atoms with Gasteiger partial charge in [-0.05, 0) is 33.5 Å². The summed E-state index contributed by atoms with van der Waals surface area (Å²) in [6, 6.07) is 3.90. The van der Waals surface area contributed by atoms with Crippen LogP contribution in [0, 0.1) is 5.41 Å². The molecule has 0 amide bonds. The zero-order chi connectivity index (χ0) is 10.8. The summed E-state index contributed by atoms with van der Waals surface area (Å²) in [5, 5.41) is 0. The Morgan fingerprint density at radius 2 is 2.14 bits per heavy atom. The number of hydrogen-bond acceptors (Lipinski definition) is 3. The number of rotatable bonds is 2. The first kappa shape index (κ1) is 11.6. The number of aromatic nitrogens is 1. The van der Waals surface area contributed by atoms with Crippen LogP contribution in [-0.4, -0.2) is 4.98 Å². The Balaban J connectivity index is 3.08. The number of pyridine rings is 1. The number of nitrogens with one attached hydrogen (secondary N) is 1. The van der Waals surface area contributed by atoms with Crippen LogP contribution in [0.2, 0.25) is 0 Å². The van der Waals surface area contributed by atoms with Crippen LogP contribution in [0.15, 0.2) is 22.8 Å². The molecular weight excluding hydrogens is 242 g/mol. The van der Waals surface area contributed by atoms with Crippen molar-refractivity contribution in [3.63, 3.8) is 0 Å². The van der Waals surface area contributed by atoms with Crippen LogP contribution in [-0.2, 0) is 0 Å². The molecule has 1 heterocycles. The van der Waals surface area contributed by atoms with E-state index in [-0.39, 0.29) is 11.5 Å². The van der Waals surface area contributed by atoms with Crippen LogP contribution in [0.25, 0.3) is 0 Å². The number of halogens is 1. The lowest BCUT2D eigenvalue weighted by atomic mass is 9.85. The third-order valence-electron chi connectivity index (χ3n) is 2.09. The average Bonchev–Trinajstić information content (AvgIpc) is 2.07. The molecule has 14 heavy (non-hydrogen) atoms. The zero-order valence-electron chi connectivity index (χ0n) is 8.71. The van der Waals surface area contributed by atoms with Gasteiger partial charge in [0.05, 0.1) is 11.7 Å². The van der Waals surface area contributed by atoms with Crippen LogP contribution < -0.4 is 11.3 Å². The molecule has 0 aliphatic heterocycles. The Kier molecular flexibility index (Phi) is 3.64. The lowest BCUT2D eigenvalue weighted by Crippen LogP contribution is -2.37. The van der Waals surface area contributed by atoms with E-state index in [9.17, 15) is 0 Å². The summed E-state index contributed by atoms with van der Waals surface area (Å²) < 4.78 is 0.984.